The normalized spacial score (nSPS) is 15.8. The number of nitrogens with one attached hydrogen (secondary N) is 1. The van der Waals surface area contributed by atoms with E-state index in [9.17, 15) is 9.59 Å². The quantitative estimate of drug-likeness (QED) is 0.828. The van der Waals surface area contributed by atoms with Gasteiger partial charge in [0.2, 0.25) is 0 Å². The predicted octanol–water partition coefficient (Wildman–Crippen LogP) is 2.74. The van der Waals surface area contributed by atoms with Crippen molar-refractivity contribution < 1.29 is 19.4 Å². The highest BCUT2D eigenvalue weighted by molar-refractivity contribution is 6.30. The van der Waals surface area contributed by atoms with Crippen molar-refractivity contribution in [3.8, 4) is 0 Å². The fraction of sp³-hybridized carbons (Fsp3) is 0.667. The average Bonchev–Trinajstić information content (AvgIpc) is 2.13. The number of rotatable bonds is 4. The van der Waals surface area contributed by atoms with Gasteiger partial charge >= 0.3 is 12.1 Å². The van der Waals surface area contributed by atoms with Crippen molar-refractivity contribution in [2.45, 2.75) is 46.3 Å². The van der Waals surface area contributed by atoms with E-state index in [1.54, 1.807) is 27.7 Å². The molecule has 0 rings (SSSR count). The van der Waals surface area contributed by atoms with Crippen molar-refractivity contribution in [3.63, 3.8) is 0 Å². The van der Waals surface area contributed by atoms with Crippen LogP contribution in [0, 0.1) is 5.92 Å². The van der Waals surface area contributed by atoms with Gasteiger partial charge in [-0.15, -0.1) is 0 Å². The van der Waals surface area contributed by atoms with Crippen LogP contribution in [0.3, 0.4) is 0 Å². The van der Waals surface area contributed by atoms with E-state index >= 15 is 0 Å². The minimum Gasteiger partial charge on any atom is -0.481 e. The molecule has 0 fully saturated rings. The number of carbonyl (C=O) groups is 2. The molecule has 0 saturated heterocycles. The molecule has 18 heavy (non-hydrogen) atoms. The Morgan fingerprint density at radius 1 is 1.33 bits per heavy atom. The van der Waals surface area contributed by atoms with E-state index in [1.807, 2.05) is 0 Å². The highest BCUT2D eigenvalue weighted by Crippen LogP contribution is 2.13. The van der Waals surface area contributed by atoms with Crippen LogP contribution >= 0.6 is 11.6 Å². The molecule has 6 heteroatoms. The second kappa shape index (κ2) is 6.64. The van der Waals surface area contributed by atoms with Gasteiger partial charge in [0.05, 0.1) is 12.0 Å². The number of carboxylic acids is 1. The smallest absolute Gasteiger partial charge is 0.408 e. The Hall–Kier alpha value is -1.23. The third-order valence-electron chi connectivity index (χ3n) is 1.95. The van der Waals surface area contributed by atoms with Gasteiger partial charge in [-0.2, -0.15) is 0 Å². The first kappa shape index (κ1) is 16.8. The second-order valence-corrected chi connectivity index (χ2v) is 5.48. The number of aliphatic carboxylic acids is 1. The lowest BCUT2D eigenvalue weighted by atomic mass is 10.1. The molecule has 0 heterocycles. The third-order valence-corrected chi connectivity index (χ3v) is 2.40. The monoisotopic (exact) mass is 277 g/mol. The molecule has 0 aromatic rings. The third kappa shape index (κ3) is 7.17. The Balaban J connectivity index is 4.45. The van der Waals surface area contributed by atoms with Crippen molar-refractivity contribution in [3.05, 3.63) is 11.1 Å². The summed E-state index contributed by atoms with van der Waals surface area (Å²) in [4.78, 5) is 22.1. The highest BCUT2D eigenvalue weighted by Gasteiger charge is 2.19. The standard InChI is InChI=1S/C12H20ClNO4/c1-7(10(15)16)6-9(13)8(2)14-11(17)18-12(3,4)5/h6-8H,1-5H3,(H,14,17)(H,15,16). The van der Waals surface area contributed by atoms with Crippen molar-refractivity contribution in [1.29, 1.82) is 0 Å². The van der Waals surface area contributed by atoms with Crippen LogP contribution in [-0.2, 0) is 9.53 Å². The summed E-state index contributed by atoms with van der Waals surface area (Å²) in [6.07, 6.45) is 0.788. The zero-order chi connectivity index (χ0) is 14.5. The number of carboxylic acid groups (broad SMARTS) is 1. The van der Waals surface area contributed by atoms with E-state index in [0.29, 0.717) is 0 Å². The number of halogens is 1. The van der Waals surface area contributed by atoms with Crippen molar-refractivity contribution in [1.82, 2.24) is 5.32 Å². The van der Waals surface area contributed by atoms with Gasteiger partial charge in [0.15, 0.2) is 0 Å². The summed E-state index contributed by atoms with van der Waals surface area (Å²) >= 11 is 5.91. The number of amides is 1. The summed E-state index contributed by atoms with van der Waals surface area (Å²) in [7, 11) is 0. The number of hydrogen-bond donors (Lipinski definition) is 2. The van der Waals surface area contributed by atoms with Crippen LogP contribution in [-0.4, -0.2) is 28.8 Å². The maximum Gasteiger partial charge on any atom is 0.408 e. The average molecular weight is 278 g/mol. The van der Waals surface area contributed by atoms with Gasteiger partial charge < -0.3 is 15.2 Å². The van der Waals surface area contributed by atoms with Crippen LogP contribution in [0.25, 0.3) is 0 Å². The van der Waals surface area contributed by atoms with Crippen LogP contribution in [0.2, 0.25) is 0 Å². The Morgan fingerprint density at radius 3 is 2.22 bits per heavy atom. The summed E-state index contributed by atoms with van der Waals surface area (Å²) in [5, 5.41) is 11.5. The van der Waals surface area contributed by atoms with Gasteiger partial charge in [0.25, 0.3) is 0 Å². The molecule has 5 nitrogen and oxygen atoms in total. The van der Waals surface area contributed by atoms with Crippen molar-refractivity contribution >= 4 is 23.7 Å². The summed E-state index contributed by atoms with van der Waals surface area (Å²) in [6.45, 7) is 8.41. The fourth-order valence-corrected chi connectivity index (χ4v) is 1.25. The lowest BCUT2D eigenvalue weighted by molar-refractivity contribution is -0.139. The maximum absolute atomic E-state index is 11.5. The van der Waals surface area contributed by atoms with E-state index in [4.69, 9.17) is 21.4 Å². The summed E-state index contributed by atoms with van der Waals surface area (Å²) in [5.74, 6) is -1.68. The van der Waals surface area contributed by atoms with Gasteiger partial charge in [-0.3, -0.25) is 4.79 Å². The molecular formula is C12H20ClNO4. The number of ether oxygens (including phenoxy) is 1. The predicted molar refractivity (Wildman–Crippen MR) is 69.6 cm³/mol. The first-order chi connectivity index (χ1) is 8.03. The molecule has 0 aromatic carbocycles. The van der Waals surface area contributed by atoms with Crippen LogP contribution < -0.4 is 5.32 Å². The number of alkyl carbamates (subject to hydrolysis) is 1. The van der Waals surface area contributed by atoms with Gasteiger partial charge in [0, 0.05) is 5.03 Å². The molecule has 0 saturated carbocycles. The zero-order valence-corrected chi connectivity index (χ0v) is 12.0. The van der Waals surface area contributed by atoms with Crippen LogP contribution in [0.15, 0.2) is 11.1 Å². The number of hydrogen-bond acceptors (Lipinski definition) is 3. The van der Waals surface area contributed by atoms with E-state index in [0.717, 1.165) is 0 Å². The van der Waals surface area contributed by atoms with Gasteiger partial charge in [-0.25, -0.2) is 4.79 Å². The molecule has 0 radical (unpaired) electrons. The molecular weight excluding hydrogens is 258 g/mol. The topological polar surface area (TPSA) is 75.6 Å². The molecule has 0 aliphatic carbocycles. The lowest BCUT2D eigenvalue weighted by Gasteiger charge is -2.22. The van der Waals surface area contributed by atoms with Gasteiger partial charge in [-0.05, 0) is 34.6 Å². The zero-order valence-electron chi connectivity index (χ0n) is 11.3. The largest absolute Gasteiger partial charge is 0.481 e. The minimum absolute atomic E-state index is 0.260. The fourth-order valence-electron chi connectivity index (χ4n) is 1.01. The first-order valence-corrected chi connectivity index (χ1v) is 6.00. The van der Waals surface area contributed by atoms with E-state index in [-0.39, 0.29) is 5.03 Å². The van der Waals surface area contributed by atoms with Crippen LogP contribution in [0.4, 0.5) is 4.79 Å². The first-order valence-electron chi connectivity index (χ1n) is 5.62. The number of carbonyl (C=O) groups excluding carboxylic acids is 1. The minimum atomic E-state index is -0.974. The van der Waals surface area contributed by atoms with Crippen molar-refractivity contribution in [2.75, 3.05) is 0 Å². The van der Waals surface area contributed by atoms with Crippen molar-refractivity contribution in [2.24, 2.45) is 5.92 Å². The van der Waals surface area contributed by atoms with E-state index in [1.165, 1.54) is 13.0 Å². The molecule has 1 amide bonds. The molecule has 104 valence electrons. The summed E-state index contributed by atoms with van der Waals surface area (Å²) in [6, 6.07) is -0.497. The Kier molecular flexibility index (Phi) is 6.18. The Bertz CT molecular complexity index is 346. The molecule has 0 spiro atoms. The lowest BCUT2D eigenvalue weighted by Crippen LogP contribution is -2.38. The van der Waals surface area contributed by atoms with E-state index in [2.05, 4.69) is 5.32 Å². The molecule has 2 unspecified atom stereocenters. The summed E-state index contributed by atoms with van der Waals surface area (Å²) < 4.78 is 5.06. The van der Waals surface area contributed by atoms with Gasteiger partial charge in [0.1, 0.15) is 5.60 Å². The SMILES string of the molecule is CC(C=C(Cl)C(C)NC(=O)OC(C)(C)C)C(=O)O. The van der Waals surface area contributed by atoms with Crippen LogP contribution in [0.5, 0.6) is 0 Å². The maximum atomic E-state index is 11.5. The molecule has 0 bridgehead atoms. The second-order valence-electron chi connectivity index (χ2n) is 5.05. The summed E-state index contributed by atoms with van der Waals surface area (Å²) in [5.41, 5.74) is -0.589. The molecule has 2 N–H and O–H groups in total. The van der Waals surface area contributed by atoms with Crippen LogP contribution in [0.1, 0.15) is 34.6 Å². The molecule has 0 aliphatic rings. The molecule has 2 atom stereocenters. The Labute approximate surface area is 112 Å². The Morgan fingerprint density at radius 2 is 1.83 bits per heavy atom. The highest BCUT2D eigenvalue weighted by atomic mass is 35.5. The van der Waals surface area contributed by atoms with Gasteiger partial charge in [-0.1, -0.05) is 17.7 Å². The van der Waals surface area contributed by atoms with E-state index < -0.39 is 29.6 Å². The molecule has 0 aromatic heterocycles. The molecule has 0 aliphatic heterocycles.